The highest BCUT2D eigenvalue weighted by atomic mass is 79.9. The van der Waals surface area contributed by atoms with E-state index in [1.54, 1.807) is 43.3 Å². The zero-order chi connectivity index (χ0) is 19.6. The summed E-state index contributed by atoms with van der Waals surface area (Å²) in [5.41, 5.74) is 3.33. The monoisotopic (exact) mass is 447 g/mol. The van der Waals surface area contributed by atoms with Crippen LogP contribution in [0.4, 0.5) is 5.69 Å². The Labute approximate surface area is 165 Å². The Morgan fingerprint density at radius 2 is 1.78 bits per heavy atom. The summed E-state index contributed by atoms with van der Waals surface area (Å²) in [4.78, 5) is 12.0. The molecule has 0 unspecified atom stereocenters. The van der Waals surface area contributed by atoms with Crippen molar-refractivity contribution in [2.75, 3.05) is 4.72 Å². The van der Waals surface area contributed by atoms with E-state index in [0.717, 1.165) is 21.3 Å². The van der Waals surface area contributed by atoms with Gasteiger partial charge in [-0.15, -0.1) is 0 Å². The number of H-pyrrole nitrogens is 1. The smallest absolute Gasteiger partial charge is 0.267 e. The van der Waals surface area contributed by atoms with Crippen molar-refractivity contribution in [1.29, 1.82) is 0 Å². The second-order valence-corrected chi connectivity index (χ2v) is 8.79. The van der Waals surface area contributed by atoms with Crippen LogP contribution in [0.2, 0.25) is 0 Å². The number of aromatic amines is 1. The van der Waals surface area contributed by atoms with Crippen LogP contribution < -0.4 is 10.3 Å². The van der Waals surface area contributed by atoms with Gasteiger partial charge in [0.05, 0.1) is 10.6 Å². The minimum Gasteiger partial charge on any atom is -0.280 e. The van der Waals surface area contributed by atoms with Gasteiger partial charge in [0, 0.05) is 22.1 Å². The number of benzene rings is 2. The highest BCUT2D eigenvalue weighted by Gasteiger charge is 2.15. The molecular formula is C19H18BrN3O3S. The van der Waals surface area contributed by atoms with E-state index in [1.165, 1.54) is 12.1 Å². The van der Waals surface area contributed by atoms with E-state index in [4.69, 9.17) is 0 Å². The quantitative estimate of drug-likeness (QED) is 0.625. The van der Waals surface area contributed by atoms with Gasteiger partial charge in [0.2, 0.25) is 0 Å². The molecule has 140 valence electrons. The first-order chi connectivity index (χ1) is 12.7. The van der Waals surface area contributed by atoms with Crippen molar-refractivity contribution in [2.24, 2.45) is 0 Å². The van der Waals surface area contributed by atoms with Gasteiger partial charge in [-0.1, -0.05) is 28.1 Å². The Bertz CT molecular complexity index is 1140. The number of nitrogens with zero attached hydrogens (tertiary/aromatic N) is 1. The Balaban J connectivity index is 1.80. The van der Waals surface area contributed by atoms with E-state index in [0.29, 0.717) is 17.7 Å². The van der Waals surface area contributed by atoms with Crippen LogP contribution in [0.1, 0.15) is 22.4 Å². The number of anilines is 1. The maximum Gasteiger partial charge on any atom is 0.267 e. The first-order valence-electron chi connectivity index (χ1n) is 8.18. The predicted molar refractivity (Wildman–Crippen MR) is 109 cm³/mol. The van der Waals surface area contributed by atoms with E-state index in [1.807, 2.05) is 6.92 Å². The fourth-order valence-electron chi connectivity index (χ4n) is 2.62. The molecule has 0 fully saturated rings. The lowest BCUT2D eigenvalue weighted by atomic mass is 10.1. The fraction of sp³-hybridized carbons (Fsp3) is 0.158. The van der Waals surface area contributed by atoms with Gasteiger partial charge in [-0.05, 0) is 61.4 Å². The van der Waals surface area contributed by atoms with Gasteiger partial charge in [-0.2, -0.15) is 5.10 Å². The van der Waals surface area contributed by atoms with Crippen LogP contribution in [0.25, 0.3) is 0 Å². The second-order valence-electron chi connectivity index (χ2n) is 6.25. The molecule has 6 nitrogen and oxygen atoms in total. The molecule has 0 amide bonds. The molecule has 0 bridgehead atoms. The summed E-state index contributed by atoms with van der Waals surface area (Å²) in [6.45, 7) is 3.68. The molecule has 2 N–H and O–H groups in total. The van der Waals surface area contributed by atoms with E-state index in [9.17, 15) is 13.2 Å². The van der Waals surface area contributed by atoms with Gasteiger partial charge < -0.3 is 0 Å². The van der Waals surface area contributed by atoms with Crippen molar-refractivity contribution in [1.82, 2.24) is 10.2 Å². The van der Waals surface area contributed by atoms with E-state index in [-0.39, 0.29) is 10.5 Å². The third-order valence-electron chi connectivity index (χ3n) is 4.05. The Kier molecular flexibility index (Phi) is 5.48. The van der Waals surface area contributed by atoms with Crippen molar-refractivity contribution in [3.63, 3.8) is 0 Å². The summed E-state index contributed by atoms with van der Waals surface area (Å²) in [7, 11) is -3.69. The average Bonchev–Trinajstić information content (AvgIpc) is 2.61. The number of hydrogen-bond donors (Lipinski definition) is 2. The maximum absolute atomic E-state index is 12.6. The molecule has 1 aromatic heterocycles. The van der Waals surface area contributed by atoms with E-state index >= 15 is 0 Å². The fourth-order valence-corrected chi connectivity index (χ4v) is 3.92. The molecule has 0 aliphatic carbocycles. The Hall–Kier alpha value is -2.45. The van der Waals surface area contributed by atoms with Crippen LogP contribution in [0, 0.1) is 13.8 Å². The number of aryl methyl sites for hydroxylation is 2. The molecule has 0 aliphatic heterocycles. The molecule has 0 spiro atoms. The Morgan fingerprint density at radius 1 is 1.07 bits per heavy atom. The van der Waals surface area contributed by atoms with Crippen LogP contribution in [0.15, 0.2) is 62.7 Å². The maximum atomic E-state index is 12.6. The average molecular weight is 448 g/mol. The number of aromatic nitrogens is 2. The van der Waals surface area contributed by atoms with E-state index < -0.39 is 10.0 Å². The minimum absolute atomic E-state index is 0.159. The molecule has 0 radical (unpaired) electrons. The van der Waals surface area contributed by atoms with Crippen molar-refractivity contribution in [3.8, 4) is 0 Å². The normalized spacial score (nSPS) is 11.4. The van der Waals surface area contributed by atoms with Crippen LogP contribution in [0.5, 0.6) is 0 Å². The summed E-state index contributed by atoms with van der Waals surface area (Å²) in [6, 6.07) is 13.4. The predicted octanol–water partition coefficient (Wildman–Crippen LogP) is 3.54. The van der Waals surface area contributed by atoms with Gasteiger partial charge in [0.15, 0.2) is 0 Å². The molecule has 3 aromatic rings. The molecule has 27 heavy (non-hydrogen) atoms. The standard InChI is InChI=1S/C19H18BrN3O3S/c1-12-9-16(5-8-18(12)20)23-27(25,26)17-6-3-14(4-7-17)11-15-10-13(2)21-22-19(15)24/h3-10,23H,11H2,1-2H3,(H,22,24). The molecule has 0 saturated carbocycles. The SMILES string of the molecule is Cc1cc(Cc2ccc(S(=O)(=O)Nc3ccc(Br)c(C)c3)cc2)c(=O)[nH]n1. The topological polar surface area (TPSA) is 91.9 Å². The van der Waals surface area contributed by atoms with Crippen LogP contribution in [0.3, 0.4) is 0 Å². The van der Waals surface area contributed by atoms with Crippen LogP contribution in [-0.4, -0.2) is 18.6 Å². The molecular weight excluding hydrogens is 430 g/mol. The molecule has 8 heteroatoms. The number of nitrogens with one attached hydrogen (secondary N) is 2. The summed E-state index contributed by atoms with van der Waals surface area (Å²) < 4.78 is 28.6. The van der Waals surface area contributed by atoms with Gasteiger partial charge in [0.25, 0.3) is 15.6 Å². The third kappa shape index (κ3) is 4.64. The molecule has 1 heterocycles. The number of sulfonamides is 1. The van der Waals surface area contributed by atoms with Crippen LogP contribution in [-0.2, 0) is 16.4 Å². The molecule has 0 atom stereocenters. The largest absolute Gasteiger partial charge is 0.280 e. The minimum atomic E-state index is -3.69. The summed E-state index contributed by atoms with van der Waals surface area (Å²) in [5.74, 6) is 0. The lowest BCUT2D eigenvalue weighted by molar-refractivity contribution is 0.601. The molecule has 0 aliphatic rings. The van der Waals surface area contributed by atoms with Gasteiger partial charge in [-0.25, -0.2) is 13.5 Å². The number of rotatable bonds is 5. The summed E-state index contributed by atoms with van der Waals surface area (Å²) in [6.07, 6.45) is 0.401. The van der Waals surface area contributed by atoms with Gasteiger partial charge in [-0.3, -0.25) is 9.52 Å². The van der Waals surface area contributed by atoms with Crippen molar-refractivity contribution < 1.29 is 8.42 Å². The van der Waals surface area contributed by atoms with Crippen molar-refractivity contribution in [3.05, 3.63) is 85.7 Å². The first kappa shape index (κ1) is 19.3. The molecule has 2 aromatic carbocycles. The van der Waals surface area contributed by atoms with Crippen LogP contribution >= 0.6 is 15.9 Å². The molecule has 0 saturated heterocycles. The van der Waals surface area contributed by atoms with Gasteiger partial charge in [0.1, 0.15) is 0 Å². The number of halogens is 1. The molecule has 3 rings (SSSR count). The lowest BCUT2D eigenvalue weighted by Crippen LogP contribution is -2.15. The Morgan fingerprint density at radius 3 is 2.44 bits per heavy atom. The second kappa shape index (κ2) is 7.66. The highest BCUT2D eigenvalue weighted by molar-refractivity contribution is 9.10. The zero-order valence-corrected chi connectivity index (χ0v) is 17.2. The van der Waals surface area contributed by atoms with Gasteiger partial charge >= 0.3 is 0 Å². The first-order valence-corrected chi connectivity index (χ1v) is 10.5. The van der Waals surface area contributed by atoms with E-state index in [2.05, 4.69) is 30.8 Å². The summed E-state index contributed by atoms with van der Waals surface area (Å²) in [5, 5.41) is 6.30. The lowest BCUT2D eigenvalue weighted by Gasteiger charge is -2.10. The zero-order valence-electron chi connectivity index (χ0n) is 14.8. The summed E-state index contributed by atoms with van der Waals surface area (Å²) >= 11 is 3.39. The third-order valence-corrected chi connectivity index (χ3v) is 6.33. The highest BCUT2D eigenvalue weighted by Crippen LogP contribution is 2.23. The number of hydrogen-bond acceptors (Lipinski definition) is 4. The van der Waals surface area contributed by atoms with Crippen molar-refractivity contribution in [2.45, 2.75) is 25.2 Å². The van der Waals surface area contributed by atoms with Crippen molar-refractivity contribution >= 4 is 31.6 Å².